The van der Waals surface area contributed by atoms with Gasteiger partial charge in [-0.3, -0.25) is 14.5 Å². The van der Waals surface area contributed by atoms with Crippen molar-refractivity contribution in [2.24, 2.45) is 12.5 Å². The summed E-state index contributed by atoms with van der Waals surface area (Å²) in [7, 11) is 1.72. The number of nitrogens with zero attached hydrogens (tertiary/aromatic N) is 8. The predicted octanol–water partition coefficient (Wildman–Crippen LogP) is 3.24. The summed E-state index contributed by atoms with van der Waals surface area (Å²) in [5.74, 6) is -0.244. The third-order valence-corrected chi connectivity index (χ3v) is 7.42. The number of halogens is 1. The first-order chi connectivity index (χ1) is 18.9. The summed E-state index contributed by atoms with van der Waals surface area (Å²) in [6.45, 7) is 6.12. The zero-order chi connectivity index (χ0) is 27.1. The lowest BCUT2D eigenvalue weighted by molar-refractivity contribution is -0.136. The van der Waals surface area contributed by atoms with Crippen LogP contribution in [0.15, 0.2) is 55.4 Å². The number of carbonyl (C=O) groups is 1. The minimum atomic E-state index is -0.529. The normalized spacial score (nSPS) is 15.8. The highest BCUT2D eigenvalue weighted by molar-refractivity contribution is 5.95. The van der Waals surface area contributed by atoms with Gasteiger partial charge >= 0.3 is 6.01 Å². The summed E-state index contributed by atoms with van der Waals surface area (Å²) in [5.41, 5.74) is 1.55. The van der Waals surface area contributed by atoms with E-state index >= 15 is 4.39 Å². The van der Waals surface area contributed by atoms with Crippen molar-refractivity contribution in [3.63, 3.8) is 0 Å². The molecule has 1 aromatic carbocycles. The molecule has 2 saturated heterocycles. The minimum absolute atomic E-state index is 0.0150. The molecule has 0 atom stereocenters. The highest BCUT2D eigenvalue weighted by Crippen LogP contribution is 2.43. The Balaban J connectivity index is 1.44. The van der Waals surface area contributed by atoms with Crippen LogP contribution in [-0.4, -0.2) is 61.7 Å². The van der Waals surface area contributed by atoms with E-state index in [2.05, 4.69) is 32.7 Å². The number of anilines is 1. The van der Waals surface area contributed by atoms with Crippen molar-refractivity contribution in [1.82, 2.24) is 29.6 Å². The number of aromatic nitrogens is 5. The Morgan fingerprint density at radius 1 is 1.26 bits per heavy atom. The minimum Gasteiger partial charge on any atom is -0.457 e. The molecule has 5 heterocycles. The molecule has 1 spiro atoms. The number of hydrogen-bond acceptors (Lipinski definition) is 8. The molecule has 2 aliphatic heterocycles. The molecule has 196 valence electrons. The number of carbonyl (C=O) groups excluding carboxylic acids is 1. The number of rotatable bonds is 6. The second-order valence-corrected chi connectivity index (χ2v) is 9.97. The average Bonchev–Trinajstić information content (AvgIpc) is 3.55. The molecule has 0 saturated carbocycles. The number of amides is 1. The van der Waals surface area contributed by atoms with Crippen LogP contribution < -0.4 is 9.64 Å². The smallest absolute Gasteiger partial charge is 0.319 e. The van der Waals surface area contributed by atoms with Crippen molar-refractivity contribution >= 4 is 22.6 Å². The number of ether oxygens (including phenoxy) is 1. The lowest BCUT2D eigenvalue weighted by Crippen LogP contribution is -2.59. The first-order valence-electron chi connectivity index (χ1n) is 12.5. The van der Waals surface area contributed by atoms with E-state index in [9.17, 15) is 10.1 Å². The fourth-order valence-electron chi connectivity index (χ4n) is 5.52. The first-order valence-corrected chi connectivity index (χ1v) is 12.5. The Bertz CT molecular complexity index is 1640. The standard InChI is InChI=1S/C28H25FN8O2/c1-3-22(38)37-16-28(17-37)9-11-36(15-28)26-20(12-30)24(23-21(29)8-7-18-13-32-35(2)25(18)23)33-27(34-26)39-14-19-6-4-5-10-31-19/h3-8,10,13H,1,9,11,14-17H2,2H3. The number of aryl methyl sites for hydroxylation is 1. The molecule has 2 fully saturated rings. The van der Waals surface area contributed by atoms with Gasteiger partial charge in [0.1, 0.15) is 29.8 Å². The molecule has 0 radical (unpaired) electrons. The summed E-state index contributed by atoms with van der Waals surface area (Å²) >= 11 is 0. The second kappa shape index (κ2) is 9.47. The van der Waals surface area contributed by atoms with Gasteiger partial charge in [0.2, 0.25) is 5.91 Å². The largest absolute Gasteiger partial charge is 0.457 e. The monoisotopic (exact) mass is 524 g/mol. The van der Waals surface area contributed by atoms with Crippen LogP contribution in [0.5, 0.6) is 6.01 Å². The van der Waals surface area contributed by atoms with E-state index < -0.39 is 5.82 Å². The molecule has 2 aliphatic rings. The Morgan fingerprint density at radius 2 is 2.10 bits per heavy atom. The van der Waals surface area contributed by atoms with Gasteiger partial charge in [-0.15, -0.1) is 0 Å². The van der Waals surface area contributed by atoms with E-state index in [1.165, 1.54) is 12.1 Å². The van der Waals surface area contributed by atoms with Gasteiger partial charge in [0.25, 0.3) is 0 Å². The number of fused-ring (bicyclic) bond motifs is 1. The van der Waals surface area contributed by atoms with Gasteiger partial charge in [-0.2, -0.15) is 20.3 Å². The molecular weight excluding hydrogens is 499 g/mol. The zero-order valence-electron chi connectivity index (χ0n) is 21.3. The van der Waals surface area contributed by atoms with Crippen LogP contribution in [-0.2, 0) is 18.4 Å². The summed E-state index contributed by atoms with van der Waals surface area (Å²) in [5, 5.41) is 15.3. The molecule has 10 nitrogen and oxygen atoms in total. The van der Waals surface area contributed by atoms with Gasteiger partial charge in [0, 0.05) is 50.2 Å². The molecule has 39 heavy (non-hydrogen) atoms. The van der Waals surface area contributed by atoms with E-state index in [4.69, 9.17) is 4.74 Å². The first kappa shape index (κ1) is 24.5. The topological polar surface area (TPSA) is 113 Å². The Kier molecular flexibility index (Phi) is 5.95. The van der Waals surface area contributed by atoms with Crippen LogP contribution in [0.1, 0.15) is 17.7 Å². The summed E-state index contributed by atoms with van der Waals surface area (Å²) < 4.78 is 23.0. The molecule has 0 aliphatic carbocycles. The number of pyridine rings is 1. The maximum Gasteiger partial charge on any atom is 0.319 e. The highest BCUT2D eigenvalue weighted by atomic mass is 19.1. The van der Waals surface area contributed by atoms with Crippen molar-refractivity contribution < 1.29 is 13.9 Å². The van der Waals surface area contributed by atoms with Crippen molar-refractivity contribution in [2.75, 3.05) is 31.1 Å². The predicted molar refractivity (Wildman–Crippen MR) is 141 cm³/mol. The van der Waals surface area contributed by atoms with Crippen molar-refractivity contribution in [3.05, 3.63) is 72.5 Å². The summed E-state index contributed by atoms with van der Waals surface area (Å²) in [6.07, 6.45) is 5.45. The van der Waals surface area contributed by atoms with Crippen LogP contribution in [0.25, 0.3) is 22.2 Å². The zero-order valence-corrected chi connectivity index (χ0v) is 21.3. The number of hydrogen-bond donors (Lipinski definition) is 0. The number of nitriles is 1. The average molecular weight is 525 g/mol. The van der Waals surface area contributed by atoms with Crippen LogP contribution in [0, 0.1) is 22.6 Å². The van der Waals surface area contributed by atoms with Gasteiger partial charge in [-0.1, -0.05) is 12.6 Å². The molecule has 0 bridgehead atoms. The van der Waals surface area contributed by atoms with Crippen LogP contribution in [0.2, 0.25) is 0 Å². The third kappa shape index (κ3) is 4.24. The second-order valence-electron chi connectivity index (χ2n) is 9.97. The summed E-state index contributed by atoms with van der Waals surface area (Å²) in [6, 6.07) is 10.7. The molecule has 0 unspecified atom stereocenters. The van der Waals surface area contributed by atoms with Gasteiger partial charge in [0.15, 0.2) is 5.82 Å². The molecule has 4 aromatic rings. The van der Waals surface area contributed by atoms with Crippen molar-refractivity contribution in [2.45, 2.75) is 13.0 Å². The third-order valence-electron chi connectivity index (χ3n) is 7.42. The Morgan fingerprint density at radius 3 is 2.85 bits per heavy atom. The van der Waals surface area contributed by atoms with E-state index in [1.54, 1.807) is 35.1 Å². The lowest BCUT2D eigenvalue weighted by atomic mass is 9.79. The van der Waals surface area contributed by atoms with Crippen LogP contribution in [0.4, 0.5) is 10.2 Å². The Labute approximate surface area is 224 Å². The van der Waals surface area contributed by atoms with Gasteiger partial charge < -0.3 is 14.5 Å². The number of likely N-dealkylation sites (tertiary alicyclic amines) is 1. The lowest BCUT2D eigenvalue weighted by Gasteiger charge is -2.47. The molecule has 0 N–H and O–H groups in total. The molecular formula is C28H25FN8O2. The SMILES string of the molecule is C=CC(=O)N1CC2(CCN(c3nc(OCc4ccccn4)nc(-c4c(F)ccc5cnn(C)c45)c3C#N)C2)C1. The van der Waals surface area contributed by atoms with Crippen molar-refractivity contribution in [3.8, 4) is 23.3 Å². The Hall–Kier alpha value is -4.85. The van der Waals surface area contributed by atoms with E-state index in [0.717, 1.165) is 11.8 Å². The fraction of sp³-hybridized carbons (Fsp3) is 0.286. The fourth-order valence-corrected chi connectivity index (χ4v) is 5.52. The van der Waals surface area contributed by atoms with E-state index in [1.807, 2.05) is 23.1 Å². The number of benzene rings is 1. The van der Waals surface area contributed by atoms with Crippen molar-refractivity contribution in [1.29, 1.82) is 5.26 Å². The quantitative estimate of drug-likeness (QED) is 0.353. The molecule has 6 rings (SSSR count). The van der Waals surface area contributed by atoms with Gasteiger partial charge in [-0.25, -0.2) is 4.39 Å². The molecule has 1 amide bonds. The molecule has 3 aromatic heterocycles. The molecule has 11 heteroatoms. The highest BCUT2D eigenvalue weighted by Gasteiger charge is 2.49. The maximum atomic E-state index is 15.5. The van der Waals surface area contributed by atoms with Gasteiger partial charge in [-0.05, 0) is 36.8 Å². The van der Waals surface area contributed by atoms with E-state index in [0.29, 0.717) is 43.2 Å². The van der Waals surface area contributed by atoms with E-state index in [-0.39, 0.29) is 40.8 Å². The van der Waals surface area contributed by atoms with Crippen LogP contribution in [0.3, 0.4) is 0 Å². The van der Waals surface area contributed by atoms with Gasteiger partial charge in [0.05, 0.1) is 23.0 Å². The van der Waals surface area contributed by atoms with Crippen LogP contribution >= 0.6 is 0 Å². The summed E-state index contributed by atoms with van der Waals surface area (Å²) in [4.78, 5) is 29.3. The maximum absolute atomic E-state index is 15.5.